The average Bonchev–Trinajstić information content (AvgIpc) is 2.80. The molecule has 98 valence electrons. The summed E-state index contributed by atoms with van der Waals surface area (Å²) in [4.78, 5) is 4.18. The maximum Gasteiger partial charge on any atom is 0.300 e. The Hall–Kier alpha value is -3.07. The van der Waals surface area contributed by atoms with Gasteiger partial charge >= 0.3 is 0 Å². The maximum absolute atomic E-state index is 13.5. The summed E-state index contributed by atoms with van der Waals surface area (Å²) in [7, 11) is 0. The van der Waals surface area contributed by atoms with E-state index in [1.165, 1.54) is 12.1 Å². The number of hydrogen-bond donors (Lipinski definition) is 2. The molecule has 0 unspecified atom stereocenters. The summed E-state index contributed by atoms with van der Waals surface area (Å²) < 4.78 is 18.9. The van der Waals surface area contributed by atoms with E-state index in [1.807, 2.05) is 0 Å². The molecule has 0 saturated heterocycles. The van der Waals surface area contributed by atoms with Gasteiger partial charge in [-0.15, -0.1) is 0 Å². The second kappa shape index (κ2) is 4.55. The average molecular weight is 268 g/mol. The zero-order valence-corrected chi connectivity index (χ0v) is 10.2. The molecule has 3 N–H and O–H groups in total. The fraction of sp³-hybridized carbons (Fsp3) is 0. The van der Waals surface area contributed by atoms with E-state index in [2.05, 4.69) is 10.3 Å². The molecule has 0 saturated carbocycles. The topological polar surface area (TPSA) is 87.9 Å². The Morgan fingerprint density at radius 2 is 2.15 bits per heavy atom. The van der Waals surface area contributed by atoms with Gasteiger partial charge in [-0.25, -0.2) is 4.39 Å². The number of aromatic nitrogens is 1. The van der Waals surface area contributed by atoms with Gasteiger partial charge in [-0.2, -0.15) is 10.2 Å². The zero-order valence-electron chi connectivity index (χ0n) is 10.2. The molecule has 0 fully saturated rings. The van der Waals surface area contributed by atoms with Crippen LogP contribution in [0.2, 0.25) is 0 Å². The zero-order chi connectivity index (χ0) is 14.1. The molecule has 3 rings (SSSR count). The Morgan fingerprint density at radius 3 is 2.95 bits per heavy atom. The van der Waals surface area contributed by atoms with Gasteiger partial charge in [0.25, 0.3) is 6.01 Å². The van der Waals surface area contributed by atoms with Gasteiger partial charge < -0.3 is 15.5 Å². The molecule has 0 aliphatic carbocycles. The number of rotatable bonds is 2. The van der Waals surface area contributed by atoms with E-state index in [0.29, 0.717) is 22.5 Å². The lowest BCUT2D eigenvalue weighted by atomic mass is 10.2. The lowest BCUT2D eigenvalue weighted by Gasteiger charge is -2.03. The number of nitrogens with one attached hydrogen (secondary N) is 1. The summed E-state index contributed by atoms with van der Waals surface area (Å²) in [6.07, 6.45) is 0. The lowest BCUT2D eigenvalue weighted by molar-refractivity contribution is 0.618. The first kappa shape index (κ1) is 12.0. The number of nitrogens with zero attached hydrogens (tertiary/aromatic N) is 2. The minimum Gasteiger partial charge on any atom is -0.423 e. The van der Waals surface area contributed by atoms with Crippen molar-refractivity contribution in [1.29, 1.82) is 5.26 Å². The van der Waals surface area contributed by atoms with Crippen LogP contribution in [0.1, 0.15) is 5.56 Å². The van der Waals surface area contributed by atoms with Crippen LogP contribution in [0.3, 0.4) is 0 Å². The van der Waals surface area contributed by atoms with E-state index in [-0.39, 0.29) is 11.6 Å². The van der Waals surface area contributed by atoms with Crippen molar-refractivity contribution >= 4 is 28.5 Å². The molecule has 2 aromatic carbocycles. The number of benzene rings is 2. The lowest BCUT2D eigenvalue weighted by Crippen LogP contribution is -1.95. The van der Waals surface area contributed by atoms with E-state index in [9.17, 15) is 4.39 Å². The summed E-state index contributed by atoms with van der Waals surface area (Å²) >= 11 is 0. The van der Waals surface area contributed by atoms with Crippen molar-refractivity contribution in [3.05, 3.63) is 47.8 Å². The number of hydrogen-bond acceptors (Lipinski definition) is 5. The molecule has 5 nitrogen and oxygen atoms in total. The van der Waals surface area contributed by atoms with Crippen LogP contribution in [0.25, 0.3) is 11.1 Å². The first-order valence-electron chi connectivity index (χ1n) is 5.79. The van der Waals surface area contributed by atoms with Crippen LogP contribution in [0.4, 0.5) is 21.8 Å². The quantitative estimate of drug-likeness (QED) is 0.697. The molecule has 6 heteroatoms. The van der Waals surface area contributed by atoms with Crippen molar-refractivity contribution in [3.8, 4) is 6.07 Å². The molecular weight excluding hydrogens is 259 g/mol. The summed E-state index contributed by atoms with van der Waals surface area (Å²) in [6, 6.07) is 11.3. The molecule has 0 atom stereocenters. The minimum atomic E-state index is -0.599. The van der Waals surface area contributed by atoms with Gasteiger partial charge in [-0.3, -0.25) is 0 Å². The molecule has 1 heterocycles. The molecule has 0 bridgehead atoms. The molecule has 0 aliphatic rings. The fourth-order valence-electron chi connectivity index (χ4n) is 1.86. The molecule has 0 spiro atoms. The van der Waals surface area contributed by atoms with Gasteiger partial charge in [0.05, 0.1) is 5.69 Å². The van der Waals surface area contributed by atoms with Gasteiger partial charge in [0, 0.05) is 5.69 Å². The van der Waals surface area contributed by atoms with E-state index < -0.39 is 5.82 Å². The Labute approximate surface area is 113 Å². The van der Waals surface area contributed by atoms with E-state index in [1.54, 1.807) is 30.3 Å². The third-order valence-electron chi connectivity index (χ3n) is 2.78. The first-order chi connectivity index (χ1) is 9.67. The van der Waals surface area contributed by atoms with Crippen LogP contribution >= 0.6 is 0 Å². The predicted octanol–water partition coefficient (Wildman–Crippen LogP) is 3.16. The van der Waals surface area contributed by atoms with Crippen molar-refractivity contribution in [2.45, 2.75) is 0 Å². The van der Waals surface area contributed by atoms with Crippen LogP contribution in [0.15, 0.2) is 40.8 Å². The molecule has 3 aromatic rings. The Balaban J connectivity index is 2.02. The standard InChI is InChI=1S/C14H9FN4O/c15-10-2-1-3-11(9(10)7-16)18-14-19-12-6-8(17)4-5-13(12)20-14/h1-6H,17H2,(H,18,19). The number of anilines is 3. The monoisotopic (exact) mass is 268 g/mol. The van der Waals surface area contributed by atoms with Crippen molar-refractivity contribution in [1.82, 2.24) is 4.98 Å². The van der Waals surface area contributed by atoms with E-state index >= 15 is 0 Å². The smallest absolute Gasteiger partial charge is 0.300 e. The van der Waals surface area contributed by atoms with E-state index in [4.69, 9.17) is 15.4 Å². The number of nitriles is 1. The van der Waals surface area contributed by atoms with Crippen LogP contribution in [0, 0.1) is 17.1 Å². The SMILES string of the molecule is N#Cc1c(F)cccc1Nc1nc2cc(N)ccc2o1. The molecule has 0 amide bonds. The maximum atomic E-state index is 13.5. The summed E-state index contributed by atoms with van der Waals surface area (Å²) in [5.74, 6) is -0.599. The highest BCUT2D eigenvalue weighted by Crippen LogP contribution is 2.26. The third-order valence-corrected chi connectivity index (χ3v) is 2.78. The minimum absolute atomic E-state index is 0.0886. The number of nitrogens with two attached hydrogens (primary N) is 1. The Morgan fingerprint density at radius 1 is 1.30 bits per heavy atom. The molecule has 1 aromatic heterocycles. The number of oxazole rings is 1. The van der Waals surface area contributed by atoms with Crippen LogP contribution in [0.5, 0.6) is 0 Å². The highest BCUT2D eigenvalue weighted by Gasteiger charge is 2.11. The van der Waals surface area contributed by atoms with Crippen molar-refractivity contribution in [2.24, 2.45) is 0 Å². The predicted molar refractivity (Wildman–Crippen MR) is 72.8 cm³/mol. The summed E-state index contributed by atoms with van der Waals surface area (Å²) in [5.41, 5.74) is 7.57. The summed E-state index contributed by atoms with van der Waals surface area (Å²) in [6.45, 7) is 0. The van der Waals surface area contributed by atoms with Gasteiger partial charge in [0.15, 0.2) is 5.58 Å². The van der Waals surface area contributed by atoms with Gasteiger partial charge in [0.1, 0.15) is 23.0 Å². The van der Waals surface area contributed by atoms with Gasteiger partial charge in [0.2, 0.25) is 0 Å². The Kier molecular flexibility index (Phi) is 2.73. The molecular formula is C14H9FN4O. The normalized spacial score (nSPS) is 10.4. The fourth-order valence-corrected chi connectivity index (χ4v) is 1.86. The van der Waals surface area contributed by atoms with Gasteiger partial charge in [-0.05, 0) is 30.3 Å². The summed E-state index contributed by atoms with van der Waals surface area (Å²) in [5, 5.41) is 11.7. The first-order valence-corrected chi connectivity index (χ1v) is 5.79. The highest BCUT2D eigenvalue weighted by atomic mass is 19.1. The number of fused-ring (bicyclic) bond motifs is 1. The van der Waals surface area contributed by atoms with Crippen LogP contribution in [-0.4, -0.2) is 4.98 Å². The van der Waals surface area contributed by atoms with Crippen molar-refractivity contribution in [3.63, 3.8) is 0 Å². The highest BCUT2D eigenvalue weighted by molar-refractivity contribution is 5.79. The largest absolute Gasteiger partial charge is 0.423 e. The van der Waals surface area contributed by atoms with E-state index in [0.717, 1.165) is 0 Å². The molecule has 0 radical (unpaired) electrons. The molecule has 0 aliphatic heterocycles. The van der Waals surface area contributed by atoms with Crippen molar-refractivity contribution < 1.29 is 8.81 Å². The third kappa shape index (κ3) is 2.01. The second-order valence-corrected chi connectivity index (χ2v) is 4.15. The van der Waals surface area contributed by atoms with Gasteiger partial charge in [-0.1, -0.05) is 6.07 Å². The van der Waals surface area contributed by atoms with Crippen molar-refractivity contribution in [2.75, 3.05) is 11.1 Å². The second-order valence-electron chi connectivity index (χ2n) is 4.15. The molecule has 20 heavy (non-hydrogen) atoms. The number of nitrogen functional groups attached to an aromatic ring is 1. The number of halogens is 1. The Bertz CT molecular complexity index is 835. The van der Waals surface area contributed by atoms with Crippen LogP contribution in [-0.2, 0) is 0 Å². The van der Waals surface area contributed by atoms with Crippen LogP contribution < -0.4 is 11.1 Å².